The van der Waals surface area contributed by atoms with Crippen LogP contribution < -0.4 is 0 Å². The van der Waals surface area contributed by atoms with Crippen molar-refractivity contribution in [1.82, 2.24) is 4.90 Å². The van der Waals surface area contributed by atoms with Crippen LogP contribution in [-0.4, -0.2) is 30.4 Å². The number of esters is 1. The summed E-state index contributed by atoms with van der Waals surface area (Å²) in [5, 5.41) is 0. The maximum atomic E-state index is 12.8. The number of methoxy groups -OCH3 is 1. The summed E-state index contributed by atoms with van der Waals surface area (Å²) in [4.78, 5) is 26.5. The van der Waals surface area contributed by atoms with Crippen molar-refractivity contribution in [3.8, 4) is 0 Å². The first kappa shape index (κ1) is 16.3. The lowest BCUT2D eigenvalue weighted by Crippen LogP contribution is -2.39. The Bertz CT molecular complexity index is 526. The SMILES string of the molecule is C=CCN(Cc1ccccc1)C(=O)[C@@H]1CCC[C@H]1C(=O)OC. The second kappa shape index (κ2) is 7.78. The van der Waals surface area contributed by atoms with Gasteiger partial charge in [-0.05, 0) is 18.4 Å². The van der Waals surface area contributed by atoms with Crippen LogP contribution >= 0.6 is 0 Å². The van der Waals surface area contributed by atoms with Gasteiger partial charge in [0.2, 0.25) is 5.91 Å². The Morgan fingerprint density at radius 2 is 1.95 bits per heavy atom. The van der Waals surface area contributed by atoms with Crippen LogP contribution in [0.2, 0.25) is 0 Å². The van der Waals surface area contributed by atoms with Gasteiger partial charge >= 0.3 is 5.97 Å². The summed E-state index contributed by atoms with van der Waals surface area (Å²) in [6.45, 7) is 4.76. The van der Waals surface area contributed by atoms with Crippen molar-refractivity contribution in [2.24, 2.45) is 11.8 Å². The van der Waals surface area contributed by atoms with Crippen LogP contribution in [0, 0.1) is 11.8 Å². The van der Waals surface area contributed by atoms with E-state index in [-0.39, 0.29) is 23.7 Å². The highest BCUT2D eigenvalue weighted by Crippen LogP contribution is 2.34. The number of carbonyl (C=O) groups is 2. The molecule has 1 saturated carbocycles. The Balaban J connectivity index is 2.11. The summed E-state index contributed by atoms with van der Waals surface area (Å²) in [6.07, 6.45) is 4.10. The van der Waals surface area contributed by atoms with Gasteiger partial charge in [-0.2, -0.15) is 0 Å². The molecule has 0 bridgehead atoms. The van der Waals surface area contributed by atoms with Crippen molar-refractivity contribution in [2.75, 3.05) is 13.7 Å². The zero-order valence-corrected chi connectivity index (χ0v) is 13.0. The van der Waals surface area contributed by atoms with Gasteiger partial charge in [-0.25, -0.2) is 0 Å². The van der Waals surface area contributed by atoms with Crippen LogP contribution in [0.25, 0.3) is 0 Å². The van der Waals surface area contributed by atoms with Gasteiger partial charge in [0.25, 0.3) is 0 Å². The average molecular weight is 301 g/mol. The molecule has 22 heavy (non-hydrogen) atoms. The van der Waals surface area contributed by atoms with Crippen molar-refractivity contribution in [3.63, 3.8) is 0 Å². The molecule has 1 aliphatic rings. The van der Waals surface area contributed by atoms with Gasteiger partial charge in [-0.1, -0.05) is 42.8 Å². The van der Waals surface area contributed by atoms with Gasteiger partial charge < -0.3 is 9.64 Å². The van der Waals surface area contributed by atoms with E-state index in [1.807, 2.05) is 30.3 Å². The zero-order chi connectivity index (χ0) is 15.9. The largest absolute Gasteiger partial charge is 0.469 e. The first-order valence-corrected chi connectivity index (χ1v) is 7.68. The van der Waals surface area contributed by atoms with E-state index in [1.54, 1.807) is 11.0 Å². The van der Waals surface area contributed by atoms with Crippen LogP contribution in [0.15, 0.2) is 43.0 Å². The topological polar surface area (TPSA) is 46.6 Å². The van der Waals surface area contributed by atoms with E-state index in [9.17, 15) is 9.59 Å². The lowest BCUT2D eigenvalue weighted by atomic mass is 9.94. The van der Waals surface area contributed by atoms with E-state index in [1.165, 1.54) is 7.11 Å². The van der Waals surface area contributed by atoms with Crippen LogP contribution in [0.4, 0.5) is 0 Å². The number of carbonyl (C=O) groups excluding carboxylic acids is 2. The first-order chi connectivity index (χ1) is 10.7. The van der Waals surface area contributed by atoms with E-state index in [0.717, 1.165) is 24.8 Å². The van der Waals surface area contributed by atoms with Crippen LogP contribution in [0.1, 0.15) is 24.8 Å². The van der Waals surface area contributed by atoms with E-state index >= 15 is 0 Å². The Morgan fingerprint density at radius 1 is 1.27 bits per heavy atom. The molecule has 0 radical (unpaired) electrons. The molecule has 0 aliphatic heterocycles. The highest BCUT2D eigenvalue weighted by Gasteiger charge is 2.40. The van der Waals surface area contributed by atoms with E-state index in [2.05, 4.69) is 6.58 Å². The number of nitrogens with zero attached hydrogens (tertiary/aromatic N) is 1. The van der Waals surface area contributed by atoms with Gasteiger partial charge in [0.1, 0.15) is 0 Å². The third-order valence-electron chi connectivity index (χ3n) is 4.21. The highest BCUT2D eigenvalue weighted by atomic mass is 16.5. The summed E-state index contributed by atoms with van der Waals surface area (Å²) < 4.78 is 4.84. The lowest BCUT2D eigenvalue weighted by molar-refractivity contribution is -0.151. The molecule has 1 amide bonds. The molecule has 0 N–H and O–H groups in total. The predicted molar refractivity (Wildman–Crippen MR) is 84.9 cm³/mol. The molecule has 0 spiro atoms. The Hall–Kier alpha value is -2.10. The molecule has 0 unspecified atom stereocenters. The Kier molecular flexibility index (Phi) is 5.75. The fourth-order valence-electron chi connectivity index (χ4n) is 3.12. The minimum atomic E-state index is -0.305. The molecule has 0 saturated heterocycles. The van der Waals surface area contributed by atoms with Crippen molar-refractivity contribution >= 4 is 11.9 Å². The maximum Gasteiger partial charge on any atom is 0.309 e. The van der Waals surface area contributed by atoms with Crippen LogP contribution in [0.3, 0.4) is 0 Å². The normalized spacial score (nSPS) is 20.4. The van der Waals surface area contributed by atoms with Gasteiger partial charge in [0.15, 0.2) is 0 Å². The minimum absolute atomic E-state index is 0.0247. The molecule has 0 heterocycles. The van der Waals surface area contributed by atoms with Crippen molar-refractivity contribution < 1.29 is 14.3 Å². The molecular weight excluding hydrogens is 278 g/mol. The smallest absolute Gasteiger partial charge is 0.309 e. The predicted octanol–water partition coefficient (Wildman–Crippen LogP) is 2.79. The quantitative estimate of drug-likeness (QED) is 0.599. The van der Waals surface area contributed by atoms with Crippen molar-refractivity contribution in [2.45, 2.75) is 25.8 Å². The fraction of sp³-hybridized carbons (Fsp3) is 0.444. The number of hydrogen-bond donors (Lipinski definition) is 0. The third-order valence-corrected chi connectivity index (χ3v) is 4.21. The van der Waals surface area contributed by atoms with Crippen molar-refractivity contribution in [3.05, 3.63) is 48.6 Å². The lowest BCUT2D eigenvalue weighted by Gasteiger charge is -2.27. The summed E-state index contributed by atoms with van der Waals surface area (Å²) >= 11 is 0. The summed E-state index contributed by atoms with van der Waals surface area (Å²) in [6, 6.07) is 9.86. The number of ether oxygens (including phenoxy) is 1. The number of benzene rings is 1. The van der Waals surface area contributed by atoms with E-state index in [0.29, 0.717) is 13.1 Å². The molecule has 4 nitrogen and oxygen atoms in total. The number of amides is 1. The first-order valence-electron chi connectivity index (χ1n) is 7.68. The molecule has 4 heteroatoms. The standard InChI is InChI=1S/C18H23NO3/c1-3-12-19(13-14-8-5-4-6-9-14)17(20)15-10-7-11-16(15)18(21)22-2/h3-6,8-9,15-16H,1,7,10-13H2,2H3/t15-,16-/m1/s1. The van der Waals surface area contributed by atoms with Crippen LogP contribution in [-0.2, 0) is 20.9 Å². The summed E-state index contributed by atoms with van der Waals surface area (Å²) in [5.74, 6) is -0.817. The number of rotatable bonds is 6. The maximum absolute atomic E-state index is 12.8. The second-order valence-corrected chi connectivity index (χ2v) is 5.66. The molecule has 1 aromatic rings. The molecule has 2 atom stereocenters. The molecule has 1 aromatic carbocycles. The molecular formula is C18H23NO3. The molecule has 118 valence electrons. The summed E-state index contributed by atoms with van der Waals surface area (Å²) in [7, 11) is 1.38. The minimum Gasteiger partial charge on any atom is -0.469 e. The van der Waals surface area contributed by atoms with Crippen LogP contribution in [0.5, 0.6) is 0 Å². The van der Waals surface area contributed by atoms with Gasteiger partial charge in [-0.15, -0.1) is 6.58 Å². The fourth-order valence-corrected chi connectivity index (χ4v) is 3.12. The Labute approximate surface area is 131 Å². The van der Waals surface area contributed by atoms with Gasteiger partial charge in [0, 0.05) is 13.1 Å². The molecule has 0 aromatic heterocycles. The monoisotopic (exact) mass is 301 g/mol. The van der Waals surface area contributed by atoms with Crippen molar-refractivity contribution in [1.29, 1.82) is 0 Å². The van der Waals surface area contributed by atoms with E-state index < -0.39 is 0 Å². The Morgan fingerprint density at radius 3 is 2.59 bits per heavy atom. The summed E-state index contributed by atoms with van der Waals surface area (Å²) in [5.41, 5.74) is 1.07. The van der Waals surface area contributed by atoms with E-state index in [4.69, 9.17) is 4.74 Å². The third kappa shape index (κ3) is 3.75. The molecule has 2 rings (SSSR count). The molecule has 1 fully saturated rings. The average Bonchev–Trinajstić information content (AvgIpc) is 3.03. The van der Waals surface area contributed by atoms with Gasteiger partial charge in [-0.3, -0.25) is 9.59 Å². The highest BCUT2D eigenvalue weighted by molar-refractivity contribution is 5.86. The van der Waals surface area contributed by atoms with Gasteiger partial charge in [0.05, 0.1) is 18.9 Å². The second-order valence-electron chi connectivity index (χ2n) is 5.66. The number of hydrogen-bond acceptors (Lipinski definition) is 3. The zero-order valence-electron chi connectivity index (χ0n) is 13.0. The molecule has 1 aliphatic carbocycles.